The quantitative estimate of drug-likeness (QED) is 0.728. The van der Waals surface area contributed by atoms with E-state index in [4.69, 9.17) is 10.5 Å². The molecule has 12 heavy (non-hydrogen) atoms. The van der Waals surface area contributed by atoms with Crippen LogP contribution in [0.2, 0.25) is 0 Å². The lowest BCUT2D eigenvalue weighted by Gasteiger charge is -2.07. The first-order valence-electron chi connectivity index (χ1n) is 3.64. The van der Waals surface area contributed by atoms with E-state index in [0.717, 1.165) is 6.42 Å². The second kappa shape index (κ2) is 11.0. The normalized spacial score (nSPS) is 10.6. The predicted molar refractivity (Wildman–Crippen MR) is 54.0 cm³/mol. The number of carbonyl (C=O) groups is 1. The first-order chi connectivity index (χ1) is 4.72. The van der Waals surface area contributed by atoms with Crippen LogP contribution in [0.4, 0.5) is 0 Å². The van der Waals surface area contributed by atoms with Gasteiger partial charge in [-0.25, -0.2) is 0 Å². The fraction of sp³-hybridized carbons (Fsp3) is 0.857. The third-order valence-corrected chi connectivity index (χ3v) is 1.19. The molecule has 0 saturated heterocycles. The zero-order valence-electron chi connectivity index (χ0n) is 7.41. The molecule has 0 aromatic carbocycles. The molecule has 5 heteroatoms. The minimum atomic E-state index is -0.426. The van der Waals surface area contributed by atoms with Gasteiger partial charge in [-0.2, -0.15) is 0 Å². The van der Waals surface area contributed by atoms with Crippen LogP contribution in [0, 0.1) is 0 Å². The van der Waals surface area contributed by atoms with Gasteiger partial charge in [-0.05, 0) is 13.3 Å². The summed E-state index contributed by atoms with van der Waals surface area (Å²) in [5.41, 5.74) is 5.44. The van der Waals surface area contributed by atoms with E-state index in [2.05, 4.69) is 0 Å². The van der Waals surface area contributed by atoms with Crippen molar-refractivity contribution in [1.82, 2.24) is 0 Å². The summed E-state index contributed by atoms with van der Waals surface area (Å²) >= 11 is 0. The molecule has 0 radical (unpaired) electrons. The Bertz CT molecular complexity index is 112. The van der Waals surface area contributed by atoms with Crippen LogP contribution in [-0.2, 0) is 9.53 Å². The van der Waals surface area contributed by atoms with Crippen LogP contribution < -0.4 is 5.73 Å². The van der Waals surface area contributed by atoms with Crippen molar-refractivity contribution in [2.75, 3.05) is 6.61 Å². The molecule has 0 rings (SSSR count). The molecule has 0 fully saturated rings. The first kappa shape index (κ1) is 17.9. The van der Waals surface area contributed by atoms with Crippen molar-refractivity contribution in [2.24, 2.45) is 5.73 Å². The van der Waals surface area contributed by atoms with Crippen LogP contribution in [0.15, 0.2) is 0 Å². The van der Waals surface area contributed by atoms with Gasteiger partial charge < -0.3 is 10.5 Å². The summed E-state index contributed by atoms with van der Waals surface area (Å²) in [6.45, 7) is 4.17. The summed E-state index contributed by atoms with van der Waals surface area (Å²) in [5, 5.41) is 0. The standard InChI is InChI=1S/C7H15NO2.2ClH/c1-3-5-6(8)7(9)10-4-2;;/h6H,3-5,8H2,1-2H3;2*1H. The molecule has 1 atom stereocenters. The van der Waals surface area contributed by atoms with E-state index in [9.17, 15) is 4.79 Å². The van der Waals surface area contributed by atoms with Crippen LogP contribution in [0.25, 0.3) is 0 Å². The van der Waals surface area contributed by atoms with Crippen LogP contribution in [0.1, 0.15) is 26.7 Å². The van der Waals surface area contributed by atoms with E-state index in [1.807, 2.05) is 6.92 Å². The van der Waals surface area contributed by atoms with E-state index >= 15 is 0 Å². The molecule has 0 saturated carbocycles. The number of carbonyl (C=O) groups excluding carboxylic acids is 1. The van der Waals surface area contributed by atoms with Crippen molar-refractivity contribution in [3.63, 3.8) is 0 Å². The third-order valence-electron chi connectivity index (χ3n) is 1.19. The SMILES string of the molecule is CCCC(N)C(=O)OCC.Cl.Cl. The lowest BCUT2D eigenvalue weighted by atomic mass is 10.2. The largest absolute Gasteiger partial charge is 0.465 e. The highest BCUT2D eigenvalue weighted by atomic mass is 35.5. The monoisotopic (exact) mass is 217 g/mol. The summed E-state index contributed by atoms with van der Waals surface area (Å²) in [5.74, 6) is -0.288. The summed E-state index contributed by atoms with van der Waals surface area (Å²) in [7, 11) is 0. The maximum absolute atomic E-state index is 10.8. The molecule has 0 aliphatic carbocycles. The Kier molecular flexibility index (Phi) is 16.5. The van der Waals surface area contributed by atoms with Crippen molar-refractivity contribution in [3.05, 3.63) is 0 Å². The Balaban J connectivity index is -0.000000405. The van der Waals surface area contributed by atoms with Gasteiger partial charge >= 0.3 is 5.97 Å². The van der Waals surface area contributed by atoms with Crippen molar-refractivity contribution >= 4 is 30.8 Å². The fourth-order valence-corrected chi connectivity index (χ4v) is 0.678. The summed E-state index contributed by atoms with van der Waals surface area (Å²) in [6.07, 6.45) is 1.62. The van der Waals surface area contributed by atoms with E-state index in [-0.39, 0.29) is 30.8 Å². The molecule has 0 aromatic heterocycles. The molecule has 0 aromatic rings. The molecule has 0 heterocycles. The van der Waals surface area contributed by atoms with Gasteiger partial charge in [0.15, 0.2) is 0 Å². The highest BCUT2D eigenvalue weighted by molar-refractivity contribution is 5.85. The van der Waals surface area contributed by atoms with Crippen LogP contribution in [0.5, 0.6) is 0 Å². The van der Waals surface area contributed by atoms with Crippen molar-refractivity contribution in [3.8, 4) is 0 Å². The van der Waals surface area contributed by atoms with Crippen LogP contribution in [-0.4, -0.2) is 18.6 Å². The number of halogens is 2. The number of esters is 1. The fourth-order valence-electron chi connectivity index (χ4n) is 0.678. The molecular formula is C7H17Cl2NO2. The van der Waals surface area contributed by atoms with Gasteiger partial charge in [-0.1, -0.05) is 13.3 Å². The third kappa shape index (κ3) is 8.11. The molecule has 0 amide bonds. The molecule has 0 bridgehead atoms. The van der Waals surface area contributed by atoms with Gasteiger partial charge in [0.05, 0.1) is 6.61 Å². The first-order valence-corrected chi connectivity index (χ1v) is 3.64. The molecule has 2 N–H and O–H groups in total. The van der Waals surface area contributed by atoms with Crippen molar-refractivity contribution < 1.29 is 9.53 Å². The molecule has 0 spiro atoms. The Labute approximate surface area is 85.9 Å². The average molecular weight is 218 g/mol. The summed E-state index contributed by atoms with van der Waals surface area (Å²) in [4.78, 5) is 10.8. The van der Waals surface area contributed by atoms with E-state index in [1.54, 1.807) is 6.92 Å². The molecule has 76 valence electrons. The highest BCUT2D eigenvalue weighted by Crippen LogP contribution is 1.95. The topological polar surface area (TPSA) is 52.3 Å². The van der Waals surface area contributed by atoms with Crippen LogP contribution >= 0.6 is 24.8 Å². The van der Waals surface area contributed by atoms with Gasteiger partial charge in [0.25, 0.3) is 0 Å². The molecule has 0 aliphatic heterocycles. The number of nitrogens with two attached hydrogens (primary N) is 1. The van der Waals surface area contributed by atoms with Crippen LogP contribution in [0.3, 0.4) is 0 Å². The Morgan fingerprint density at radius 3 is 2.25 bits per heavy atom. The van der Waals surface area contributed by atoms with Gasteiger partial charge in [0.1, 0.15) is 6.04 Å². The molecule has 0 aliphatic rings. The number of ether oxygens (including phenoxy) is 1. The molecule has 1 unspecified atom stereocenters. The number of rotatable bonds is 4. The Hall–Kier alpha value is 0.01000. The summed E-state index contributed by atoms with van der Waals surface area (Å²) < 4.78 is 4.69. The van der Waals surface area contributed by atoms with Gasteiger partial charge in [0, 0.05) is 0 Å². The minimum Gasteiger partial charge on any atom is -0.465 e. The zero-order valence-corrected chi connectivity index (χ0v) is 9.04. The second-order valence-electron chi connectivity index (χ2n) is 2.15. The second-order valence-corrected chi connectivity index (χ2v) is 2.15. The van der Waals surface area contributed by atoms with Gasteiger partial charge in [0.2, 0.25) is 0 Å². The molecule has 3 nitrogen and oxygen atoms in total. The zero-order chi connectivity index (χ0) is 7.98. The van der Waals surface area contributed by atoms with E-state index in [0.29, 0.717) is 13.0 Å². The Morgan fingerprint density at radius 2 is 1.92 bits per heavy atom. The maximum Gasteiger partial charge on any atom is 0.322 e. The van der Waals surface area contributed by atoms with E-state index in [1.165, 1.54) is 0 Å². The lowest BCUT2D eigenvalue weighted by molar-refractivity contribution is -0.144. The maximum atomic E-state index is 10.8. The van der Waals surface area contributed by atoms with E-state index < -0.39 is 6.04 Å². The van der Waals surface area contributed by atoms with Crippen molar-refractivity contribution in [2.45, 2.75) is 32.7 Å². The van der Waals surface area contributed by atoms with Gasteiger partial charge in [-0.15, -0.1) is 24.8 Å². The predicted octanol–water partition coefficient (Wildman–Crippen LogP) is 1.52. The summed E-state index contributed by atoms with van der Waals surface area (Å²) in [6, 6.07) is -0.426. The average Bonchev–Trinajstić information content (AvgIpc) is 1.89. The molecular weight excluding hydrogens is 201 g/mol. The smallest absolute Gasteiger partial charge is 0.322 e. The lowest BCUT2D eigenvalue weighted by Crippen LogP contribution is -2.31. The minimum absolute atomic E-state index is 0. The van der Waals surface area contributed by atoms with Crippen molar-refractivity contribution in [1.29, 1.82) is 0 Å². The highest BCUT2D eigenvalue weighted by Gasteiger charge is 2.11. The Morgan fingerprint density at radius 1 is 1.42 bits per heavy atom. The van der Waals surface area contributed by atoms with Gasteiger partial charge in [-0.3, -0.25) is 4.79 Å². The number of hydrogen-bond donors (Lipinski definition) is 1. The number of hydrogen-bond acceptors (Lipinski definition) is 3.